The Kier molecular flexibility index (Phi) is 8.31. The minimum absolute atomic E-state index is 0. The number of halogens is 4. The van der Waals surface area contributed by atoms with E-state index in [0.29, 0.717) is 12.5 Å². The van der Waals surface area contributed by atoms with E-state index in [9.17, 15) is 17.3 Å². The van der Waals surface area contributed by atoms with E-state index in [-0.39, 0.29) is 63.7 Å². The Bertz CT molecular complexity index is 438. The van der Waals surface area contributed by atoms with Crippen molar-refractivity contribution in [1.82, 2.24) is 0 Å². The predicted octanol–water partition coefficient (Wildman–Crippen LogP) is 0.0780. The SMILES string of the molecule is COC(C)(C)CCOc1ccc([B-](F)(F)F)c(F)c1.[K+]. The van der Waals surface area contributed by atoms with Crippen molar-refractivity contribution in [3.63, 3.8) is 0 Å². The third kappa shape index (κ3) is 6.45. The maximum Gasteiger partial charge on any atom is 1.00 e. The summed E-state index contributed by atoms with van der Waals surface area (Å²) in [5, 5.41) is 0. The van der Waals surface area contributed by atoms with Crippen molar-refractivity contribution in [3.05, 3.63) is 24.0 Å². The third-order valence-electron chi connectivity index (χ3n) is 2.85. The number of rotatable bonds is 6. The fourth-order valence-corrected chi connectivity index (χ4v) is 1.38. The van der Waals surface area contributed by atoms with Gasteiger partial charge in [0.2, 0.25) is 0 Å². The molecule has 0 atom stereocenters. The normalized spacial score (nSPS) is 11.9. The summed E-state index contributed by atoms with van der Waals surface area (Å²) in [6.07, 6.45) is 0.538. The Balaban J connectivity index is 0.00000361. The van der Waals surface area contributed by atoms with E-state index in [1.807, 2.05) is 13.8 Å². The fraction of sp³-hybridized carbons (Fsp3) is 0.500. The van der Waals surface area contributed by atoms with Gasteiger partial charge in [0.25, 0.3) is 0 Å². The summed E-state index contributed by atoms with van der Waals surface area (Å²) in [6, 6.07) is 2.57. The van der Waals surface area contributed by atoms with Gasteiger partial charge in [0, 0.05) is 19.6 Å². The largest absolute Gasteiger partial charge is 1.00 e. The van der Waals surface area contributed by atoms with Gasteiger partial charge in [-0.2, -0.15) is 0 Å². The first-order chi connectivity index (χ1) is 8.65. The molecule has 0 heterocycles. The van der Waals surface area contributed by atoms with Gasteiger partial charge in [0.1, 0.15) is 5.75 Å². The smallest absolute Gasteiger partial charge is 0.493 e. The minimum atomic E-state index is -5.33. The average molecular weight is 318 g/mol. The summed E-state index contributed by atoms with van der Waals surface area (Å²) in [5.74, 6) is -1.23. The van der Waals surface area contributed by atoms with Crippen LogP contribution in [0.5, 0.6) is 5.75 Å². The van der Waals surface area contributed by atoms with E-state index in [0.717, 1.165) is 12.1 Å². The molecule has 0 aromatic heterocycles. The van der Waals surface area contributed by atoms with E-state index in [1.54, 1.807) is 7.11 Å². The van der Waals surface area contributed by atoms with Crippen molar-refractivity contribution in [2.24, 2.45) is 0 Å². The molecule has 0 aliphatic rings. The standard InChI is InChI=1S/C12H16BF4O2.K/c1-12(2,18-3)6-7-19-9-4-5-10(11(14)8-9)13(15,16)17;/h4-5,8H,6-7H2,1-3H3;/q-1;+1. The second-order valence-corrected chi connectivity index (χ2v) is 4.82. The topological polar surface area (TPSA) is 18.5 Å². The van der Waals surface area contributed by atoms with E-state index in [1.165, 1.54) is 0 Å². The molecule has 0 aliphatic heterocycles. The molecule has 1 aromatic rings. The molecule has 8 heteroatoms. The molecule has 1 aromatic carbocycles. The zero-order valence-electron chi connectivity index (χ0n) is 12.1. The second-order valence-electron chi connectivity index (χ2n) is 4.82. The zero-order chi connectivity index (χ0) is 14.7. The van der Waals surface area contributed by atoms with E-state index >= 15 is 0 Å². The molecule has 2 nitrogen and oxygen atoms in total. The molecular weight excluding hydrogens is 302 g/mol. The molecule has 0 amide bonds. The Morgan fingerprint density at radius 2 is 1.80 bits per heavy atom. The van der Waals surface area contributed by atoms with E-state index in [4.69, 9.17) is 9.47 Å². The molecule has 0 saturated carbocycles. The summed E-state index contributed by atoms with van der Waals surface area (Å²) in [5.41, 5.74) is -1.63. The monoisotopic (exact) mass is 318 g/mol. The summed E-state index contributed by atoms with van der Waals surface area (Å²) in [6.45, 7) is -1.40. The second kappa shape index (κ2) is 8.14. The number of hydrogen-bond acceptors (Lipinski definition) is 2. The number of benzene rings is 1. The van der Waals surface area contributed by atoms with Crippen LogP contribution in [0.25, 0.3) is 0 Å². The Hall–Kier alpha value is 0.401. The minimum Gasteiger partial charge on any atom is -0.493 e. The van der Waals surface area contributed by atoms with Crippen molar-refractivity contribution >= 4 is 12.4 Å². The molecule has 0 radical (unpaired) electrons. The fourth-order valence-electron chi connectivity index (χ4n) is 1.38. The van der Waals surface area contributed by atoms with Gasteiger partial charge in [0.15, 0.2) is 0 Å². The summed E-state index contributed by atoms with van der Waals surface area (Å²) >= 11 is 0. The first kappa shape index (κ1) is 20.4. The van der Waals surface area contributed by atoms with E-state index in [2.05, 4.69) is 0 Å². The first-order valence-electron chi connectivity index (χ1n) is 5.83. The Morgan fingerprint density at radius 3 is 2.25 bits per heavy atom. The van der Waals surface area contributed by atoms with Gasteiger partial charge in [-0.3, -0.25) is 0 Å². The molecule has 0 N–H and O–H groups in total. The molecule has 0 unspecified atom stereocenters. The molecule has 0 spiro atoms. The van der Waals surface area contributed by atoms with Gasteiger partial charge < -0.3 is 22.4 Å². The predicted molar refractivity (Wildman–Crippen MR) is 66.3 cm³/mol. The molecule has 20 heavy (non-hydrogen) atoms. The summed E-state index contributed by atoms with van der Waals surface area (Å²) < 4.78 is 60.8. The molecular formula is C12H16BF4KO2. The molecule has 0 aliphatic carbocycles. The maximum atomic E-state index is 13.3. The van der Waals surface area contributed by atoms with Gasteiger partial charge in [-0.1, -0.05) is 11.5 Å². The van der Waals surface area contributed by atoms with Crippen molar-refractivity contribution in [3.8, 4) is 5.75 Å². The average Bonchev–Trinajstić information content (AvgIpc) is 2.27. The van der Waals surface area contributed by atoms with Gasteiger partial charge in [-0.15, -0.1) is 0 Å². The first-order valence-corrected chi connectivity index (χ1v) is 5.83. The van der Waals surface area contributed by atoms with Crippen molar-refractivity contribution in [2.75, 3.05) is 13.7 Å². The molecule has 0 bridgehead atoms. The van der Waals surface area contributed by atoms with Crippen LogP contribution in [0.4, 0.5) is 17.3 Å². The number of methoxy groups -OCH3 is 1. The van der Waals surface area contributed by atoms with Crippen LogP contribution in [0.15, 0.2) is 18.2 Å². The van der Waals surface area contributed by atoms with Crippen LogP contribution in [0, 0.1) is 5.82 Å². The van der Waals surface area contributed by atoms with Crippen LogP contribution >= 0.6 is 0 Å². The van der Waals surface area contributed by atoms with Crippen molar-refractivity contribution in [2.45, 2.75) is 25.9 Å². The van der Waals surface area contributed by atoms with Crippen LogP contribution in [-0.4, -0.2) is 26.3 Å². The quantitative estimate of drug-likeness (QED) is 0.546. The van der Waals surface area contributed by atoms with Crippen LogP contribution in [0.1, 0.15) is 20.3 Å². The van der Waals surface area contributed by atoms with Crippen LogP contribution < -0.4 is 61.6 Å². The number of hydrogen-bond donors (Lipinski definition) is 0. The Labute approximate surface area is 158 Å². The van der Waals surface area contributed by atoms with Crippen molar-refractivity contribution in [1.29, 1.82) is 0 Å². The molecule has 1 rings (SSSR count). The zero-order valence-corrected chi connectivity index (χ0v) is 15.2. The van der Waals surface area contributed by atoms with Gasteiger partial charge in [-0.25, -0.2) is 4.39 Å². The summed E-state index contributed by atoms with van der Waals surface area (Å²) in [7, 11) is 1.56. The van der Waals surface area contributed by atoms with Crippen molar-refractivity contribution < 1.29 is 78.2 Å². The molecule has 108 valence electrons. The van der Waals surface area contributed by atoms with E-state index < -0.39 is 23.9 Å². The summed E-state index contributed by atoms with van der Waals surface area (Å²) in [4.78, 5) is 0. The molecule has 0 fully saturated rings. The third-order valence-corrected chi connectivity index (χ3v) is 2.85. The number of ether oxygens (including phenoxy) is 2. The van der Waals surface area contributed by atoms with Crippen LogP contribution in [-0.2, 0) is 4.74 Å². The van der Waals surface area contributed by atoms with Gasteiger partial charge >= 0.3 is 58.4 Å². The maximum absolute atomic E-state index is 13.3. The van der Waals surface area contributed by atoms with Gasteiger partial charge in [-0.05, 0) is 19.9 Å². The molecule has 0 saturated heterocycles. The van der Waals surface area contributed by atoms with Crippen LogP contribution in [0.2, 0.25) is 0 Å². The van der Waals surface area contributed by atoms with Gasteiger partial charge in [0.05, 0.1) is 18.0 Å². The Morgan fingerprint density at radius 1 is 1.20 bits per heavy atom. The van der Waals surface area contributed by atoms with Crippen LogP contribution in [0.3, 0.4) is 0 Å².